The molecule has 21 heavy (non-hydrogen) atoms. The van der Waals surface area contributed by atoms with Gasteiger partial charge in [-0.25, -0.2) is 4.79 Å². The van der Waals surface area contributed by atoms with Crippen molar-refractivity contribution in [3.8, 4) is 0 Å². The van der Waals surface area contributed by atoms with E-state index in [9.17, 15) is 14.4 Å². The number of hydrogen-bond donors (Lipinski definition) is 2. The molecule has 0 radical (unpaired) electrons. The van der Waals surface area contributed by atoms with E-state index in [-0.39, 0.29) is 18.7 Å². The first-order valence-corrected chi connectivity index (χ1v) is 6.54. The minimum atomic E-state index is -0.488. The molecule has 1 aromatic carbocycles. The Morgan fingerprint density at radius 2 is 2.14 bits per heavy atom. The molecule has 0 aliphatic heterocycles. The molecule has 112 valence electrons. The van der Waals surface area contributed by atoms with Crippen molar-refractivity contribution >= 4 is 23.0 Å². The van der Waals surface area contributed by atoms with Gasteiger partial charge in [0.1, 0.15) is 0 Å². The molecular formula is C14H16N2O5. The van der Waals surface area contributed by atoms with Crippen molar-refractivity contribution in [1.82, 2.24) is 10.3 Å². The number of aromatic nitrogens is 1. The molecule has 0 aliphatic carbocycles. The van der Waals surface area contributed by atoms with E-state index < -0.39 is 11.7 Å². The largest absolute Gasteiger partial charge is 0.469 e. The summed E-state index contributed by atoms with van der Waals surface area (Å²) in [4.78, 5) is 36.0. The Balaban J connectivity index is 1.80. The molecular weight excluding hydrogens is 276 g/mol. The van der Waals surface area contributed by atoms with E-state index in [0.717, 1.165) is 5.56 Å². The van der Waals surface area contributed by atoms with Crippen molar-refractivity contribution in [2.75, 3.05) is 13.7 Å². The van der Waals surface area contributed by atoms with Crippen LogP contribution in [0.5, 0.6) is 0 Å². The second-order valence-corrected chi connectivity index (χ2v) is 4.52. The number of aromatic amines is 1. The fraction of sp³-hybridized carbons (Fsp3) is 0.357. The van der Waals surface area contributed by atoms with Crippen LogP contribution in [-0.4, -0.2) is 30.5 Å². The van der Waals surface area contributed by atoms with Gasteiger partial charge < -0.3 is 14.5 Å². The van der Waals surface area contributed by atoms with Crippen molar-refractivity contribution in [2.24, 2.45) is 0 Å². The van der Waals surface area contributed by atoms with Crippen LogP contribution in [0.25, 0.3) is 11.1 Å². The SMILES string of the molecule is COC(=O)CCC(=O)NCCc1ccc2[nH]c(=O)oc2c1. The molecule has 0 bridgehead atoms. The van der Waals surface area contributed by atoms with Gasteiger partial charge in [0, 0.05) is 13.0 Å². The third-order valence-electron chi connectivity index (χ3n) is 3.01. The first-order valence-electron chi connectivity index (χ1n) is 6.54. The average Bonchev–Trinajstić information content (AvgIpc) is 2.84. The van der Waals surface area contributed by atoms with Crippen LogP contribution in [0.4, 0.5) is 0 Å². The van der Waals surface area contributed by atoms with E-state index in [1.54, 1.807) is 12.1 Å². The number of carbonyl (C=O) groups excluding carboxylic acids is 2. The van der Waals surface area contributed by atoms with Crippen LogP contribution in [0.3, 0.4) is 0 Å². The minimum Gasteiger partial charge on any atom is -0.469 e. The lowest BCUT2D eigenvalue weighted by atomic mass is 10.1. The number of fused-ring (bicyclic) bond motifs is 1. The molecule has 2 N–H and O–H groups in total. The maximum absolute atomic E-state index is 11.5. The lowest BCUT2D eigenvalue weighted by Gasteiger charge is -2.05. The van der Waals surface area contributed by atoms with Crippen molar-refractivity contribution in [3.05, 3.63) is 34.3 Å². The van der Waals surface area contributed by atoms with Gasteiger partial charge in [0.05, 0.1) is 19.0 Å². The molecule has 1 heterocycles. The normalized spacial score (nSPS) is 10.5. The van der Waals surface area contributed by atoms with Gasteiger partial charge in [-0.05, 0) is 24.1 Å². The molecule has 7 nitrogen and oxygen atoms in total. The van der Waals surface area contributed by atoms with Gasteiger partial charge in [0.25, 0.3) is 0 Å². The van der Waals surface area contributed by atoms with Gasteiger partial charge in [0.15, 0.2) is 5.58 Å². The lowest BCUT2D eigenvalue weighted by molar-refractivity contribution is -0.142. The van der Waals surface area contributed by atoms with E-state index in [1.165, 1.54) is 7.11 Å². The van der Waals surface area contributed by atoms with Crippen LogP contribution in [0.2, 0.25) is 0 Å². The van der Waals surface area contributed by atoms with E-state index >= 15 is 0 Å². The fourth-order valence-corrected chi connectivity index (χ4v) is 1.90. The van der Waals surface area contributed by atoms with Crippen LogP contribution in [0.1, 0.15) is 18.4 Å². The van der Waals surface area contributed by atoms with Crippen LogP contribution in [0.15, 0.2) is 27.4 Å². The van der Waals surface area contributed by atoms with E-state index in [2.05, 4.69) is 15.0 Å². The maximum Gasteiger partial charge on any atom is 0.417 e. The Bertz CT molecular complexity index is 701. The molecule has 0 saturated carbocycles. The van der Waals surface area contributed by atoms with Crippen LogP contribution < -0.4 is 11.1 Å². The number of methoxy groups -OCH3 is 1. The minimum absolute atomic E-state index is 0.0722. The van der Waals surface area contributed by atoms with E-state index in [4.69, 9.17) is 4.42 Å². The van der Waals surface area contributed by atoms with Gasteiger partial charge in [-0.1, -0.05) is 6.07 Å². The first-order chi connectivity index (χ1) is 10.1. The molecule has 0 atom stereocenters. The molecule has 0 saturated heterocycles. The summed E-state index contributed by atoms with van der Waals surface area (Å²) >= 11 is 0. The summed E-state index contributed by atoms with van der Waals surface area (Å²) in [6, 6.07) is 5.37. The zero-order valence-electron chi connectivity index (χ0n) is 11.6. The molecule has 0 aliphatic rings. The van der Waals surface area contributed by atoms with Crippen molar-refractivity contribution < 1.29 is 18.7 Å². The second kappa shape index (κ2) is 6.74. The van der Waals surface area contributed by atoms with E-state index in [0.29, 0.717) is 24.1 Å². The van der Waals surface area contributed by atoms with Crippen molar-refractivity contribution in [2.45, 2.75) is 19.3 Å². The Kier molecular flexibility index (Phi) is 4.76. The highest BCUT2D eigenvalue weighted by molar-refractivity contribution is 5.81. The molecule has 1 aromatic heterocycles. The third kappa shape index (κ3) is 4.20. The maximum atomic E-state index is 11.5. The lowest BCUT2D eigenvalue weighted by Crippen LogP contribution is -2.26. The number of amides is 1. The smallest absolute Gasteiger partial charge is 0.417 e. The van der Waals surface area contributed by atoms with Crippen LogP contribution in [0, 0.1) is 0 Å². The monoisotopic (exact) mass is 292 g/mol. The number of carbonyl (C=O) groups is 2. The molecule has 0 fully saturated rings. The number of ether oxygens (including phenoxy) is 1. The Morgan fingerprint density at radius 1 is 1.33 bits per heavy atom. The number of hydrogen-bond acceptors (Lipinski definition) is 5. The molecule has 2 aromatic rings. The van der Waals surface area contributed by atoms with Crippen LogP contribution >= 0.6 is 0 Å². The van der Waals surface area contributed by atoms with E-state index in [1.807, 2.05) is 6.07 Å². The third-order valence-corrected chi connectivity index (χ3v) is 3.01. The first kappa shape index (κ1) is 14.8. The predicted molar refractivity (Wildman–Crippen MR) is 74.8 cm³/mol. The predicted octanol–water partition coefficient (Wildman–Crippen LogP) is 0.733. The quantitative estimate of drug-likeness (QED) is 0.764. The molecule has 2 rings (SSSR count). The summed E-state index contributed by atoms with van der Waals surface area (Å²) in [6.45, 7) is 0.445. The molecule has 1 amide bonds. The van der Waals surface area contributed by atoms with Crippen molar-refractivity contribution in [1.29, 1.82) is 0 Å². The number of nitrogens with one attached hydrogen (secondary N) is 2. The van der Waals surface area contributed by atoms with Gasteiger partial charge in [-0.15, -0.1) is 0 Å². The number of rotatable bonds is 6. The molecule has 0 unspecified atom stereocenters. The number of H-pyrrole nitrogens is 1. The Morgan fingerprint density at radius 3 is 2.90 bits per heavy atom. The average molecular weight is 292 g/mol. The van der Waals surface area contributed by atoms with Gasteiger partial charge in [0.2, 0.25) is 5.91 Å². The summed E-state index contributed by atoms with van der Waals surface area (Å²) in [5.41, 5.74) is 2.08. The summed E-state index contributed by atoms with van der Waals surface area (Å²) < 4.78 is 9.42. The highest BCUT2D eigenvalue weighted by atomic mass is 16.5. The summed E-state index contributed by atoms with van der Waals surface area (Å²) in [6.07, 6.45) is 0.788. The number of benzene rings is 1. The fourth-order valence-electron chi connectivity index (χ4n) is 1.90. The highest BCUT2D eigenvalue weighted by Gasteiger charge is 2.07. The number of oxazole rings is 1. The Labute approximate surface area is 120 Å². The topological polar surface area (TPSA) is 101 Å². The molecule has 7 heteroatoms. The van der Waals surface area contributed by atoms with Crippen molar-refractivity contribution in [3.63, 3.8) is 0 Å². The Hall–Kier alpha value is -2.57. The summed E-state index contributed by atoms with van der Waals surface area (Å²) in [5.74, 6) is -1.09. The van der Waals surface area contributed by atoms with Crippen LogP contribution in [-0.2, 0) is 20.7 Å². The zero-order valence-corrected chi connectivity index (χ0v) is 11.6. The highest BCUT2D eigenvalue weighted by Crippen LogP contribution is 2.12. The summed E-state index contributed by atoms with van der Waals surface area (Å²) in [5, 5.41) is 2.72. The zero-order chi connectivity index (χ0) is 15.2. The van der Waals surface area contributed by atoms with Gasteiger partial charge >= 0.3 is 11.7 Å². The molecule has 0 spiro atoms. The number of esters is 1. The van der Waals surface area contributed by atoms with Gasteiger partial charge in [-0.2, -0.15) is 0 Å². The van der Waals surface area contributed by atoms with Gasteiger partial charge in [-0.3, -0.25) is 14.6 Å². The summed E-state index contributed by atoms with van der Waals surface area (Å²) in [7, 11) is 1.29. The standard InChI is InChI=1S/C14H16N2O5/c1-20-13(18)5-4-12(17)15-7-6-9-2-3-10-11(8-9)21-14(19)16-10/h2-3,8H,4-7H2,1H3,(H,15,17)(H,16,19). The second-order valence-electron chi connectivity index (χ2n) is 4.52.